The molecule has 17 heavy (non-hydrogen) atoms. The quantitative estimate of drug-likeness (QED) is 0.846. The second kappa shape index (κ2) is 4.75. The molecule has 0 atom stereocenters. The monoisotopic (exact) mass is 229 g/mol. The van der Waals surface area contributed by atoms with Gasteiger partial charge in [0.05, 0.1) is 0 Å². The van der Waals surface area contributed by atoms with Crippen molar-refractivity contribution in [1.82, 2.24) is 4.98 Å². The number of rotatable bonds is 2. The lowest BCUT2D eigenvalue weighted by Crippen LogP contribution is -2.30. The molecule has 1 heterocycles. The minimum atomic E-state index is 0.478. The average Bonchev–Trinajstić information content (AvgIpc) is 2.32. The molecule has 0 unspecified atom stereocenters. The highest BCUT2D eigenvalue weighted by Gasteiger charge is 2.26. The van der Waals surface area contributed by atoms with Gasteiger partial charge in [-0.15, -0.1) is 0 Å². The van der Waals surface area contributed by atoms with Gasteiger partial charge in [-0.3, -0.25) is 0 Å². The molecule has 0 aromatic carbocycles. The van der Waals surface area contributed by atoms with Gasteiger partial charge in [0, 0.05) is 6.04 Å². The number of hydrogen-bond donors (Lipinski definition) is 1. The normalized spacial score (nSPS) is 19.6. The van der Waals surface area contributed by atoms with E-state index in [1.54, 1.807) is 6.07 Å². The molecule has 0 radical (unpaired) electrons. The highest BCUT2D eigenvalue weighted by Crippen LogP contribution is 2.35. The van der Waals surface area contributed by atoms with Gasteiger partial charge in [0.15, 0.2) is 0 Å². The number of hydrogen-bond acceptors (Lipinski definition) is 3. The van der Waals surface area contributed by atoms with Crippen LogP contribution in [0.25, 0.3) is 0 Å². The number of aromatic nitrogens is 1. The Kier molecular flexibility index (Phi) is 3.33. The molecule has 2 rings (SSSR count). The zero-order valence-corrected chi connectivity index (χ0v) is 10.5. The summed E-state index contributed by atoms with van der Waals surface area (Å²) < 4.78 is 0. The van der Waals surface area contributed by atoms with Crippen LogP contribution >= 0.6 is 0 Å². The summed E-state index contributed by atoms with van der Waals surface area (Å²) in [5, 5.41) is 12.2. The summed E-state index contributed by atoms with van der Waals surface area (Å²) in [4.78, 5) is 4.25. The van der Waals surface area contributed by atoms with E-state index in [1.165, 1.54) is 25.7 Å². The standard InChI is InChI=1S/C14H19N3/c1-14(2)8-6-11(7-9-14)16-13-5-3-4-12(10-15)17-13/h3-5,11H,6-9H2,1-2H3,(H,16,17). The maximum Gasteiger partial charge on any atom is 0.142 e. The lowest BCUT2D eigenvalue weighted by molar-refractivity contribution is 0.232. The van der Waals surface area contributed by atoms with Crippen LogP contribution in [-0.2, 0) is 0 Å². The Balaban J connectivity index is 1.96. The van der Waals surface area contributed by atoms with E-state index in [4.69, 9.17) is 5.26 Å². The van der Waals surface area contributed by atoms with Crippen LogP contribution in [0, 0.1) is 16.7 Å². The Hall–Kier alpha value is -1.56. The first-order chi connectivity index (χ1) is 8.09. The molecule has 1 aliphatic rings. The fourth-order valence-corrected chi connectivity index (χ4v) is 2.33. The van der Waals surface area contributed by atoms with Gasteiger partial charge in [-0.1, -0.05) is 19.9 Å². The third kappa shape index (κ3) is 3.20. The summed E-state index contributed by atoms with van der Waals surface area (Å²) in [7, 11) is 0. The summed E-state index contributed by atoms with van der Waals surface area (Å²) in [6.07, 6.45) is 4.88. The molecule has 1 aromatic rings. The highest BCUT2D eigenvalue weighted by molar-refractivity contribution is 5.39. The predicted molar refractivity (Wildman–Crippen MR) is 68.6 cm³/mol. The summed E-state index contributed by atoms with van der Waals surface area (Å²) in [5.74, 6) is 0.828. The zero-order valence-electron chi connectivity index (χ0n) is 10.5. The minimum Gasteiger partial charge on any atom is -0.367 e. The summed E-state index contributed by atoms with van der Waals surface area (Å²) >= 11 is 0. The molecule has 0 amide bonds. The van der Waals surface area contributed by atoms with Gasteiger partial charge in [0.25, 0.3) is 0 Å². The van der Waals surface area contributed by atoms with Crippen LogP contribution in [0.1, 0.15) is 45.2 Å². The van der Waals surface area contributed by atoms with Gasteiger partial charge in [-0.25, -0.2) is 4.98 Å². The number of nitrogens with one attached hydrogen (secondary N) is 1. The van der Waals surface area contributed by atoms with Gasteiger partial charge in [-0.05, 0) is 43.2 Å². The first kappa shape index (κ1) is 11.9. The van der Waals surface area contributed by atoms with Crippen LogP contribution in [0.3, 0.4) is 0 Å². The molecule has 1 aliphatic carbocycles. The van der Waals surface area contributed by atoms with Crippen LogP contribution in [-0.4, -0.2) is 11.0 Å². The fraction of sp³-hybridized carbons (Fsp3) is 0.571. The van der Waals surface area contributed by atoms with E-state index in [-0.39, 0.29) is 0 Å². The van der Waals surface area contributed by atoms with E-state index in [0.29, 0.717) is 17.2 Å². The van der Waals surface area contributed by atoms with Gasteiger partial charge >= 0.3 is 0 Å². The molecule has 0 aliphatic heterocycles. The molecular weight excluding hydrogens is 210 g/mol. The molecular formula is C14H19N3. The smallest absolute Gasteiger partial charge is 0.142 e. The van der Waals surface area contributed by atoms with E-state index >= 15 is 0 Å². The van der Waals surface area contributed by atoms with Crippen molar-refractivity contribution < 1.29 is 0 Å². The van der Waals surface area contributed by atoms with Gasteiger partial charge in [0.1, 0.15) is 17.6 Å². The van der Waals surface area contributed by atoms with E-state index in [0.717, 1.165) is 5.82 Å². The van der Waals surface area contributed by atoms with Crippen molar-refractivity contribution in [2.24, 2.45) is 5.41 Å². The largest absolute Gasteiger partial charge is 0.367 e. The van der Waals surface area contributed by atoms with Crippen LogP contribution in [0.4, 0.5) is 5.82 Å². The molecule has 0 saturated heterocycles. The van der Waals surface area contributed by atoms with Gasteiger partial charge < -0.3 is 5.32 Å². The predicted octanol–water partition coefficient (Wildman–Crippen LogP) is 3.33. The maximum absolute atomic E-state index is 8.80. The molecule has 1 saturated carbocycles. The van der Waals surface area contributed by atoms with E-state index in [2.05, 4.69) is 30.2 Å². The summed E-state index contributed by atoms with van der Waals surface area (Å²) in [6, 6.07) is 8.11. The van der Waals surface area contributed by atoms with Crippen LogP contribution in [0.15, 0.2) is 18.2 Å². The van der Waals surface area contributed by atoms with E-state index in [9.17, 15) is 0 Å². The van der Waals surface area contributed by atoms with Crippen molar-refractivity contribution in [3.8, 4) is 6.07 Å². The van der Waals surface area contributed by atoms with E-state index in [1.807, 2.05) is 12.1 Å². The lowest BCUT2D eigenvalue weighted by Gasteiger charge is -2.34. The van der Waals surface area contributed by atoms with Crippen LogP contribution in [0.5, 0.6) is 0 Å². The second-order valence-electron chi connectivity index (χ2n) is 5.60. The van der Waals surface area contributed by atoms with Crippen molar-refractivity contribution in [2.45, 2.75) is 45.6 Å². The Morgan fingerprint density at radius 2 is 2.06 bits per heavy atom. The first-order valence-corrected chi connectivity index (χ1v) is 6.23. The Morgan fingerprint density at radius 1 is 1.35 bits per heavy atom. The zero-order chi connectivity index (χ0) is 12.3. The number of nitrogens with zero attached hydrogens (tertiary/aromatic N) is 2. The Bertz CT molecular complexity index is 421. The molecule has 3 nitrogen and oxygen atoms in total. The van der Waals surface area contributed by atoms with Crippen molar-refractivity contribution >= 4 is 5.82 Å². The minimum absolute atomic E-state index is 0.478. The Labute approximate surface area is 103 Å². The topological polar surface area (TPSA) is 48.7 Å². The molecule has 3 heteroatoms. The van der Waals surface area contributed by atoms with Crippen molar-refractivity contribution in [1.29, 1.82) is 5.26 Å². The number of anilines is 1. The van der Waals surface area contributed by atoms with E-state index < -0.39 is 0 Å². The molecule has 1 fully saturated rings. The van der Waals surface area contributed by atoms with Crippen LogP contribution in [0.2, 0.25) is 0 Å². The molecule has 1 aromatic heterocycles. The first-order valence-electron chi connectivity index (χ1n) is 6.23. The summed E-state index contributed by atoms with van der Waals surface area (Å²) in [5.41, 5.74) is 0.964. The molecule has 0 bridgehead atoms. The van der Waals surface area contributed by atoms with Gasteiger partial charge in [0.2, 0.25) is 0 Å². The molecule has 0 spiro atoms. The molecule has 90 valence electrons. The SMILES string of the molecule is CC1(C)CCC(Nc2cccc(C#N)n2)CC1. The molecule has 1 N–H and O–H groups in total. The lowest BCUT2D eigenvalue weighted by atomic mass is 9.75. The number of nitriles is 1. The van der Waals surface area contributed by atoms with Crippen molar-refractivity contribution in [2.75, 3.05) is 5.32 Å². The van der Waals surface area contributed by atoms with Crippen LogP contribution < -0.4 is 5.32 Å². The third-order valence-electron chi connectivity index (χ3n) is 3.55. The third-order valence-corrected chi connectivity index (χ3v) is 3.55. The fourth-order valence-electron chi connectivity index (χ4n) is 2.33. The Morgan fingerprint density at radius 3 is 2.71 bits per heavy atom. The van der Waals surface area contributed by atoms with Crippen molar-refractivity contribution in [3.63, 3.8) is 0 Å². The number of pyridine rings is 1. The summed E-state index contributed by atoms with van der Waals surface area (Å²) in [6.45, 7) is 4.66. The average molecular weight is 229 g/mol. The highest BCUT2D eigenvalue weighted by atomic mass is 15.0. The maximum atomic E-state index is 8.80. The van der Waals surface area contributed by atoms with Gasteiger partial charge in [-0.2, -0.15) is 5.26 Å². The van der Waals surface area contributed by atoms with Crippen molar-refractivity contribution in [3.05, 3.63) is 23.9 Å². The second-order valence-corrected chi connectivity index (χ2v) is 5.60.